The van der Waals surface area contributed by atoms with Crippen molar-refractivity contribution in [3.05, 3.63) is 72.3 Å². The van der Waals surface area contributed by atoms with E-state index in [9.17, 15) is 4.79 Å². The zero-order valence-electron chi connectivity index (χ0n) is 20.1. The number of ether oxygens (including phenoxy) is 2. The van der Waals surface area contributed by atoms with Gasteiger partial charge in [0.05, 0.1) is 37.5 Å². The van der Waals surface area contributed by atoms with Crippen molar-refractivity contribution < 1.29 is 14.3 Å². The number of aromatic amines is 1. The van der Waals surface area contributed by atoms with Gasteiger partial charge in [0.2, 0.25) is 0 Å². The Morgan fingerprint density at radius 2 is 1.39 bits per heavy atom. The molecule has 8 nitrogen and oxygen atoms in total. The molecule has 3 aromatic carbocycles. The Balaban J connectivity index is 1.13. The predicted octanol–water partition coefficient (Wildman–Crippen LogP) is 4.16. The first kappa shape index (κ1) is 22.6. The van der Waals surface area contributed by atoms with Gasteiger partial charge in [-0.3, -0.25) is 4.79 Å². The minimum Gasteiger partial charge on any atom is -0.378 e. The second kappa shape index (κ2) is 10.0. The van der Waals surface area contributed by atoms with Crippen LogP contribution in [0.25, 0.3) is 22.4 Å². The normalized spacial score (nSPS) is 16.3. The number of nitrogens with one attached hydrogen (secondary N) is 2. The lowest BCUT2D eigenvalue weighted by Gasteiger charge is -2.28. The zero-order chi connectivity index (χ0) is 24.3. The molecule has 36 heavy (non-hydrogen) atoms. The molecule has 3 heterocycles. The maximum Gasteiger partial charge on any atom is 0.255 e. The average Bonchev–Trinajstić information content (AvgIpc) is 3.38. The maximum atomic E-state index is 12.8. The van der Waals surface area contributed by atoms with Crippen molar-refractivity contribution in [3.8, 4) is 11.4 Å². The quantitative estimate of drug-likeness (QED) is 0.444. The minimum absolute atomic E-state index is 0.138. The Bertz CT molecular complexity index is 1340. The summed E-state index contributed by atoms with van der Waals surface area (Å²) < 4.78 is 10.9. The van der Waals surface area contributed by atoms with Crippen molar-refractivity contribution in [3.63, 3.8) is 0 Å². The lowest BCUT2D eigenvalue weighted by molar-refractivity contribution is 0.102. The molecule has 4 aromatic rings. The monoisotopic (exact) mass is 483 g/mol. The SMILES string of the molecule is O=C(Nc1ccc(N2CCOCC2)cc1)c1ccc(-c2nc3ccc(N4CCOCC4)cc3[nH]2)cc1. The molecule has 0 atom stereocenters. The number of amides is 1. The first-order valence-corrected chi connectivity index (χ1v) is 12.4. The Morgan fingerprint density at radius 1 is 0.778 bits per heavy atom. The van der Waals surface area contributed by atoms with Crippen molar-refractivity contribution in [2.75, 3.05) is 67.7 Å². The number of fused-ring (bicyclic) bond motifs is 1. The van der Waals surface area contributed by atoms with E-state index in [1.807, 2.05) is 54.6 Å². The fourth-order valence-electron chi connectivity index (χ4n) is 4.71. The van der Waals surface area contributed by atoms with Gasteiger partial charge in [-0.25, -0.2) is 4.98 Å². The van der Waals surface area contributed by atoms with E-state index >= 15 is 0 Å². The summed E-state index contributed by atoms with van der Waals surface area (Å²) in [5, 5.41) is 2.99. The molecule has 0 radical (unpaired) electrons. The second-order valence-corrected chi connectivity index (χ2v) is 9.06. The van der Waals surface area contributed by atoms with Crippen LogP contribution in [0, 0.1) is 0 Å². The summed E-state index contributed by atoms with van der Waals surface area (Å²) in [5.74, 6) is 0.648. The summed E-state index contributed by atoms with van der Waals surface area (Å²) in [6.45, 7) is 6.58. The van der Waals surface area contributed by atoms with Gasteiger partial charge in [-0.05, 0) is 54.6 Å². The number of carbonyl (C=O) groups excluding carboxylic acids is 1. The number of nitrogens with zero attached hydrogens (tertiary/aromatic N) is 3. The van der Waals surface area contributed by atoms with Gasteiger partial charge in [0, 0.05) is 54.4 Å². The number of rotatable bonds is 5. The summed E-state index contributed by atoms with van der Waals surface area (Å²) in [6.07, 6.45) is 0. The van der Waals surface area contributed by atoms with E-state index in [0.29, 0.717) is 5.56 Å². The molecule has 1 aromatic heterocycles. The summed E-state index contributed by atoms with van der Waals surface area (Å²) in [7, 11) is 0. The average molecular weight is 484 g/mol. The van der Waals surface area contributed by atoms with Crippen molar-refractivity contribution in [2.45, 2.75) is 0 Å². The standard InChI is InChI=1S/C28H29N5O3/c34-28(29-22-5-7-23(8-6-22)32-11-15-35-16-12-32)21-3-1-20(2-4-21)27-30-25-10-9-24(19-26(25)31-27)33-13-17-36-18-14-33/h1-10,19H,11-18H2,(H,29,34)(H,30,31). The molecular formula is C28H29N5O3. The van der Waals surface area contributed by atoms with Crippen LogP contribution in [0.5, 0.6) is 0 Å². The van der Waals surface area contributed by atoms with Crippen molar-refractivity contribution >= 4 is 34.0 Å². The van der Waals surface area contributed by atoms with Crippen molar-refractivity contribution in [2.24, 2.45) is 0 Å². The number of carbonyl (C=O) groups is 1. The largest absolute Gasteiger partial charge is 0.378 e. The lowest BCUT2D eigenvalue weighted by Crippen LogP contribution is -2.36. The Labute approximate surface area is 209 Å². The lowest BCUT2D eigenvalue weighted by atomic mass is 10.1. The van der Waals surface area contributed by atoms with E-state index in [0.717, 1.165) is 86.4 Å². The molecule has 0 spiro atoms. The Kier molecular flexibility index (Phi) is 6.27. The van der Waals surface area contributed by atoms with Gasteiger partial charge >= 0.3 is 0 Å². The number of hydrogen-bond acceptors (Lipinski definition) is 6. The van der Waals surface area contributed by atoms with Gasteiger partial charge in [0.25, 0.3) is 5.91 Å². The molecule has 2 aliphatic heterocycles. The summed E-state index contributed by atoms with van der Waals surface area (Å²) >= 11 is 0. The molecule has 2 fully saturated rings. The molecule has 184 valence electrons. The highest BCUT2D eigenvalue weighted by Crippen LogP contribution is 2.26. The van der Waals surface area contributed by atoms with E-state index in [1.165, 1.54) is 5.69 Å². The molecule has 2 saturated heterocycles. The third-order valence-electron chi connectivity index (χ3n) is 6.76. The van der Waals surface area contributed by atoms with E-state index in [2.05, 4.69) is 32.2 Å². The van der Waals surface area contributed by atoms with Gasteiger partial charge in [-0.15, -0.1) is 0 Å². The first-order valence-electron chi connectivity index (χ1n) is 12.4. The smallest absolute Gasteiger partial charge is 0.255 e. The highest BCUT2D eigenvalue weighted by atomic mass is 16.5. The van der Waals surface area contributed by atoms with Gasteiger partial charge in [-0.1, -0.05) is 12.1 Å². The van der Waals surface area contributed by atoms with Gasteiger partial charge in [0.1, 0.15) is 5.82 Å². The van der Waals surface area contributed by atoms with Crippen LogP contribution in [0.1, 0.15) is 10.4 Å². The number of H-pyrrole nitrogens is 1. The number of aromatic nitrogens is 2. The fraction of sp³-hybridized carbons (Fsp3) is 0.286. The van der Waals surface area contributed by atoms with Crippen molar-refractivity contribution in [1.82, 2.24) is 9.97 Å². The fourth-order valence-corrected chi connectivity index (χ4v) is 4.71. The van der Waals surface area contributed by atoms with Crippen LogP contribution in [-0.4, -0.2) is 68.5 Å². The topological polar surface area (TPSA) is 82.7 Å². The Morgan fingerprint density at radius 3 is 2.06 bits per heavy atom. The van der Waals surface area contributed by atoms with Crippen LogP contribution in [0.15, 0.2) is 66.7 Å². The van der Waals surface area contributed by atoms with Crippen LogP contribution < -0.4 is 15.1 Å². The molecule has 2 N–H and O–H groups in total. The number of anilines is 3. The molecule has 0 saturated carbocycles. The summed E-state index contributed by atoms with van der Waals surface area (Å²) in [5.41, 5.74) is 6.54. The molecule has 1 amide bonds. The maximum absolute atomic E-state index is 12.8. The van der Waals surface area contributed by atoms with Gasteiger partial charge < -0.3 is 29.6 Å². The minimum atomic E-state index is -0.138. The second-order valence-electron chi connectivity index (χ2n) is 9.06. The number of benzene rings is 3. The number of morpholine rings is 2. The van der Waals surface area contributed by atoms with E-state index in [4.69, 9.17) is 14.5 Å². The predicted molar refractivity (Wildman–Crippen MR) is 142 cm³/mol. The van der Waals surface area contributed by atoms with E-state index in [-0.39, 0.29) is 5.91 Å². The van der Waals surface area contributed by atoms with Crippen LogP contribution in [-0.2, 0) is 9.47 Å². The van der Waals surface area contributed by atoms with E-state index in [1.54, 1.807) is 0 Å². The Hall–Kier alpha value is -3.88. The number of hydrogen-bond donors (Lipinski definition) is 2. The molecule has 0 bridgehead atoms. The third-order valence-corrected chi connectivity index (χ3v) is 6.76. The molecule has 0 aliphatic carbocycles. The summed E-state index contributed by atoms with van der Waals surface area (Å²) in [4.78, 5) is 25.6. The van der Waals surface area contributed by atoms with Crippen LogP contribution in [0.2, 0.25) is 0 Å². The van der Waals surface area contributed by atoms with Gasteiger partial charge in [0.15, 0.2) is 0 Å². The summed E-state index contributed by atoms with van der Waals surface area (Å²) in [6, 6.07) is 21.8. The molecule has 6 rings (SSSR count). The van der Waals surface area contributed by atoms with Crippen LogP contribution in [0.3, 0.4) is 0 Å². The van der Waals surface area contributed by atoms with Crippen molar-refractivity contribution in [1.29, 1.82) is 0 Å². The first-order chi connectivity index (χ1) is 17.7. The van der Waals surface area contributed by atoms with Crippen LogP contribution in [0.4, 0.5) is 17.1 Å². The third kappa shape index (κ3) is 4.78. The van der Waals surface area contributed by atoms with E-state index < -0.39 is 0 Å². The molecular weight excluding hydrogens is 454 g/mol. The zero-order valence-corrected chi connectivity index (χ0v) is 20.1. The highest BCUT2D eigenvalue weighted by molar-refractivity contribution is 6.04. The molecule has 2 aliphatic rings. The molecule has 0 unspecified atom stereocenters. The molecule has 8 heteroatoms. The number of imidazole rings is 1. The van der Waals surface area contributed by atoms with Gasteiger partial charge in [-0.2, -0.15) is 0 Å². The van der Waals surface area contributed by atoms with Crippen LogP contribution >= 0.6 is 0 Å². The highest BCUT2D eigenvalue weighted by Gasteiger charge is 2.14.